The molecule has 0 aliphatic carbocycles. The summed E-state index contributed by atoms with van der Waals surface area (Å²) in [7, 11) is 4.39. The minimum absolute atomic E-state index is 0. The third kappa shape index (κ3) is 8.63. The number of ether oxygens (including phenoxy) is 1. The highest BCUT2D eigenvalue weighted by Gasteiger charge is 2.28. The molecule has 7 nitrogen and oxygen atoms in total. The minimum atomic E-state index is -0.455. The van der Waals surface area contributed by atoms with E-state index in [2.05, 4.69) is 24.7 Å². The largest absolute Gasteiger partial charge is 1.00 e. The van der Waals surface area contributed by atoms with Crippen molar-refractivity contribution in [3.8, 4) is 11.1 Å². The number of amides is 2. The van der Waals surface area contributed by atoms with Gasteiger partial charge in [-0.2, -0.15) is 0 Å². The number of quaternary nitrogens is 1. The number of carbonyl (C=O) groups is 3. The molecule has 0 bridgehead atoms. The number of carbonyl (C=O) groups excluding carboxylic acids is 3. The quantitative estimate of drug-likeness (QED) is 0.225. The van der Waals surface area contributed by atoms with Gasteiger partial charge in [-0.25, -0.2) is 4.79 Å². The molecule has 206 valence electrons. The first kappa shape index (κ1) is 30.3. The number of anilines is 2. The standard InChI is InChI=1S/C31H35N3O4.HI/c1-22-19-26(12-11-25(22)21-35)32-30(36)14-10-23-9-13-28(24-7-5-4-6-8-24)29(20-23)33-31(37)38-27-15-17-34(2,3)18-16-27;/h4-9,11-13,19-21,27H,10,14-18H2,1-3H3,(H-,32,33,35,36,37);1H. The van der Waals surface area contributed by atoms with Crippen molar-refractivity contribution in [1.82, 2.24) is 0 Å². The third-order valence-electron chi connectivity index (χ3n) is 7.11. The lowest BCUT2D eigenvalue weighted by atomic mass is 9.99. The molecule has 1 saturated heterocycles. The monoisotopic (exact) mass is 641 g/mol. The summed E-state index contributed by atoms with van der Waals surface area (Å²) in [4.78, 5) is 36.5. The Hall–Kier alpha value is -3.24. The zero-order valence-corrected chi connectivity index (χ0v) is 24.9. The number of piperidine rings is 1. The molecular formula is C31H36IN3O4. The first-order valence-corrected chi connectivity index (χ1v) is 13.1. The molecule has 1 aliphatic rings. The predicted octanol–water partition coefficient (Wildman–Crippen LogP) is 2.84. The van der Waals surface area contributed by atoms with E-state index in [9.17, 15) is 14.4 Å². The van der Waals surface area contributed by atoms with Gasteiger partial charge in [0.2, 0.25) is 5.91 Å². The minimum Gasteiger partial charge on any atom is -1.00 e. The second-order valence-electron chi connectivity index (χ2n) is 10.6. The van der Waals surface area contributed by atoms with E-state index in [1.165, 1.54) is 0 Å². The summed E-state index contributed by atoms with van der Waals surface area (Å²) in [6.45, 7) is 3.79. The normalized spacial score (nSPS) is 14.5. The molecular weight excluding hydrogens is 605 g/mol. The molecule has 3 aromatic rings. The fraction of sp³-hybridized carbons (Fsp3) is 0.323. The van der Waals surface area contributed by atoms with Crippen LogP contribution in [-0.4, -0.2) is 56.1 Å². The van der Waals surface area contributed by atoms with E-state index in [1.54, 1.807) is 18.2 Å². The lowest BCUT2D eigenvalue weighted by molar-refractivity contribution is -0.896. The second-order valence-corrected chi connectivity index (χ2v) is 10.6. The van der Waals surface area contributed by atoms with Gasteiger partial charge in [0.25, 0.3) is 0 Å². The van der Waals surface area contributed by atoms with Crippen LogP contribution >= 0.6 is 0 Å². The number of aldehydes is 1. The lowest BCUT2D eigenvalue weighted by Gasteiger charge is -2.36. The van der Waals surface area contributed by atoms with Crippen LogP contribution in [0.5, 0.6) is 0 Å². The van der Waals surface area contributed by atoms with Gasteiger partial charge < -0.3 is 38.5 Å². The summed E-state index contributed by atoms with van der Waals surface area (Å²) < 4.78 is 6.71. The highest BCUT2D eigenvalue weighted by Crippen LogP contribution is 2.30. The summed E-state index contributed by atoms with van der Waals surface area (Å²) in [5.41, 5.74) is 5.54. The van der Waals surface area contributed by atoms with E-state index in [1.807, 2.05) is 55.5 Å². The van der Waals surface area contributed by atoms with E-state index in [-0.39, 0.29) is 42.4 Å². The van der Waals surface area contributed by atoms with E-state index in [0.29, 0.717) is 23.4 Å². The molecule has 0 radical (unpaired) electrons. The number of hydrogen-bond donors (Lipinski definition) is 2. The van der Waals surface area contributed by atoms with Crippen molar-refractivity contribution in [2.24, 2.45) is 0 Å². The molecule has 1 aliphatic heterocycles. The fourth-order valence-electron chi connectivity index (χ4n) is 4.74. The van der Waals surface area contributed by atoms with E-state index in [0.717, 1.165) is 59.0 Å². The SMILES string of the molecule is Cc1cc(NC(=O)CCc2ccc(-c3ccccc3)c(NC(=O)OC3CC[N+](C)(C)CC3)c2)ccc1C=O.[I-]. The zero-order chi connectivity index (χ0) is 27.1. The molecule has 1 fully saturated rings. The van der Waals surface area contributed by atoms with Crippen molar-refractivity contribution in [3.63, 3.8) is 0 Å². The van der Waals surface area contributed by atoms with Gasteiger partial charge in [-0.1, -0.05) is 42.5 Å². The first-order chi connectivity index (χ1) is 18.2. The molecule has 3 aromatic carbocycles. The number of hydrogen-bond acceptors (Lipinski definition) is 4. The first-order valence-electron chi connectivity index (χ1n) is 13.1. The molecule has 0 aromatic heterocycles. The third-order valence-corrected chi connectivity index (χ3v) is 7.11. The topological polar surface area (TPSA) is 84.5 Å². The maximum atomic E-state index is 12.9. The van der Waals surface area contributed by atoms with Crippen molar-refractivity contribution in [3.05, 3.63) is 83.4 Å². The van der Waals surface area contributed by atoms with Crippen LogP contribution in [0, 0.1) is 6.92 Å². The van der Waals surface area contributed by atoms with Gasteiger partial charge in [0, 0.05) is 36.1 Å². The number of rotatable bonds is 8. The second kappa shape index (κ2) is 13.7. The van der Waals surface area contributed by atoms with E-state index < -0.39 is 6.09 Å². The molecule has 0 unspecified atom stereocenters. The average molecular weight is 642 g/mol. The summed E-state index contributed by atoms with van der Waals surface area (Å²) >= 11 is 0. The fourth-order valence-corrected chi connectivity index (χ4v) is 4.74. The van der Waals surface area contributed by atoms with Crippen LogP contribution in [0.15, 0.2) is 66.7 Å². The Morgan fingerprint density at radius 3 is 2.36 bits per heavy atom. The number of aryl methyl sites for hydroxylation is 2. The van der Waals surface area contributed by atoms with Crippen LogP contribution in [0.4, 0.5) is 16.2 Å². The Labute approximate surface area is 247 Å². The number of likely N-dealkylation sites (tertiary alicyclic amines) is 1. The van der Waals surface area contributed by atoms with Crippen LogP contribution in [0.2, 0.25) is 0 Å². The van der Waals surface area contributed by atoms with Crippen LogP contribution in [0.1, 0.15) is 40.7 Å². The molecule has 2 N–H and O–H groups in total. The number of benzene rings is 3. The predicted molar refractivity (Wildman–Crippen MR) is 150 cm³/mol. The Morgan fingerprint density at radius 2 is 1.69 bits per heavy atom. The van der Waals surface area contributed by atoms with Crippen molar-refractivity contribution in [1.29, 1.82) is 0 Å². The molecule has 0 spiro atoms. The summed E-state index contributed by atoms with van der Waals surface area (Å²) in [5, 5.41) is 5.86. The summed E-state index contributed by atoms with van der Waals surface area (Å²) in [6, 6.07) is 21.0. The highest BCUT2D eigenvalue weighted by atomic mass is 127. The van der Waals surface area contributed by atoms with Crippen LogP contribution in [0.3, 0.4) is 0 Å². The maximum Gasteiger partial charge on any atom is 0.411 e. The lowest BCUT2D eigenvalue weighted by Crippen LogP contribution is -3.00. The summed E-state index contributed by atoms with van der Waals surface area (Å²) in [5.74, 6) is -0.122. The molecule has 1 heterocycles. The van der Waals surface area contributed by atoms with Crippen LogP contribution in [0.25, 0.3) is 11.1 Å². The van der Waals surface area contributed by atoms with Gasteiger partial charge in [0.05, 0.1) is 32.9 Å². The average Bonchev–Trinajstić information content (AvgIpc) is 2.89. The van der Waals surface area contributed by atoms with Crippen LogP contribution < -0.4 is 34.6 Å². The van der Waals surface area contributed by atoms with Gasteiger partial charge in [-0.3, -0.25) is 14.9 Å². The van der Waals surface area contributed by atoms with Crippen molar-refractivity contribution >= 4 is 29.7 Å². The molecule has 0 atom stereocenters. The van der Waals surface area contributed by atoms with E-state index >= 15 is 0 Å². The molecule has 0 saturated carbocycles. The van der Waals surface area contributed by atoms with Gasteiger partial charge >= 0.3 is 6.09 Å². The number of nitrogens with zero attached hydrogens (tertiary/aromatic N) is 1. The Morgan fingerprint density at radius 1 is 0.974 bits per heavy atom. The molecule has 39 heavy (non-hydrogen) atoms. The Bertz CT molecular complexity index is 1300. The maximum absolute atomic E-state index is 12.9. The van der Waals surface area contributed by atoms with Gasteiger partial charge in [-0.05, 0) is 54.3 Å². The van der Waals surface area contributed by atoms with E-state index in [4.69, 9.17) is 4.74 Å². The van der Waals surface area contributed by atoms with Crippen molar-refractivity contribution in [2.75, 3.05) is 37.8 Å². The highest BCUT2D eigenvalue weighted by molar-refractivity contribution is 5.93. The van der Waals surface area contributed by atoms with Gasteiger partial charge in [0.1, 0.15) is 12.4 Å². The van der Waals surface area contributed by atoms with Crippen LogP contribution in [-0.2, 0) is 16.0 Å². The number of nitrogens with one attached hydrogen (secondary N) is 2. The van der Waals surface area contributed by atoms with Gasteiger partial charge in [0.15, 0.2) is 0 Å². The smallest absolute Gasteiger partial charge is 0.411 e. The van der Waals surface area contributed by atoms with Crippen molar-refractivity contribution < 1.29 is 47.6 Å². The molecule has 2 amide bonds. The summed E-state index contributed by atoms with van der Waals surface area (Å²) in [6.07, 6.45) is 2.74. The Balaban J connectivity index is 0.00000420. The molecule has 8 heteroatoms. The Kier molecular flexibility index (Phi) is 10.7. The number of halogens is 1. The molecule has 4 rings (SSSR count). The van der Waals surface area contributed by atoms with Gasteiger partial charge in [-0.15, -0.1) is 0 Å². The van der Waals surface area contributed by atoms with Crippen molar-refractivity contribution in [2.45, 2.75) is 38.7 Å². The zero-order valence-electron chi connectivity index (χ0n) is 22.7.